The zero-order valence-corrected chi connectivity index (χ0v) is 11.1. The fourth-order valence-corrected chi connectivity index (χ4v) is 2.02. The van der Waals surface area contributed by atoms with Crippen molar-refractivity contribution in [2.45, 2.75) is 32.2 Å². The van der Waals surface area contributed by atoms with Gasteiger partial charge in [-0.15, -0.1) is 0 Å². The summed E-state index contributed by atoms with van der Waals surface area (Å²) in [5.41, 5.74) is 1.14. The molecule has 0 fully saturated rings. The van der Waals surface area contributed by atoms with Gasteiger partial charge in [0.25, 0.3) is 0 Å². The lowest BCUT2D eigenvalue weighted by Gasteiger charge is -2.34. The number of carboxylic acids is 1. The van der Waals surface area contributed by atoms with Crippen molar-refractivity contribution in [3.05, 3.63) is 23.8 Å². The van der Waals surface area contributed by atoms with E-state index < -0.39 is 11.5 Å². The third-order valence-corrected chi connectivity index (χ3v) is 3.64. The Morgan fingerprint density at radius 1 is 1.44 bits per heavy atom. The average Bonchev–Trinajstić information content (AvgIpc) is 2.37. The van der Waals surface area contributed by atoms with Crippen molar-refractivity contribution in [1.82, 2.24) is 0 Å². The molecule has 0 spiro atoms. The molecule has 1 aromatic rings. The van der Waals surface area contributed by atoms with Crippen LogP contribution in [-0.4, -0.2) is 30.3 Å². The molecule has 2 rings (SSSR count). The van der Waals surface area contributed by atoms with Gasteiger partial charge in [0.2, 0.25) is 0 Å². The maximum atomic E-state index is 11.3. The summed E-state index contributed by atoms with van der Waals surface area (Å²) in [6.07, 6.45) is 2.01. The van der Waals surface area contributed by atoms with E-state index in [2.05, 4.69) is 0 Å². The highest BCUT2D eigenvalue weighted by Gasteiger charge is 2.32. The van der Waals surface area contributed by atoms with Gasteiger partial charge < -0.3 is 14.7 Å². The van der Waals surface area contributed by atoms with Crippen LogP contribution < -0.4 is 9.64 Å². The topological polar surface area (TPSA) is 49.8 Å². The fourth-order valence-electron chi connectivity index (χ4n) is 2.02. The molecule has 1 heterocycles. The van der Waals surface area contributed by atoms with Gasteiger partial charge in [0, 0.05) is 12.7 Å². The molecule has 1 N–H and O–H groups in total. The second-order valence-electron chi connectivity index (χ2n) is 5.17. The highest BCUT2D eigenvalue weighted by atomic mass is 16.5. The van der Waals surface area contributed by atoms with E-state index in [1.807, 2.05) is 18.2 Å². The largest absolute Gasteiger partial charge is 0.493 e. The number of benzene rings is 1. The Morgan fingerprint density at radius 3 is 2.83 bits per heavy atom. The lowest BCUT2D eigenvalue weighted by Crippen LogP contribution is -2.48. The van der Waals surface area contributed by atoms with Crippen LogP contribution >= 0.6 is 0 Å². The van der Waals surface area contributed by atoms with Gasteiger partial charge in [0.1, 0.15) is 11.3 Å². The van der Waals surface area contributed by atoms with Crippen molar-refractivity contribution in [1.29, 1.82) is 0 Å². The Labute approximate surface area is 107 Å². The minimum Gasteiger partial charge on any atom is -0.493 e. The summed E-state index contributed by atoms with van der Waals surface area (Å²) >= 11 is 0. The lowest BCUT2D eigenvalue weighted by molar-refractivity contribution is -0.142. The smallest absolute Gasteiger partial charge is 0.328 e. The SMILES string of the molecule is CN(c1ccc2c(c1)CCCO2)C(C)(C)C(=O)O. The number of hydrogen-bond acceptors (Lipinski definition) is 3. The van der Waals surface area contributed by atoms with E-state index in [9.17, 15) is 9.90 Å². The van der Waals surface area contributed by atoms with Crippen LogP contribution in [0.4, 0.5) is 5.69 Å². The second kappa shape index (κ2) is 4.52. The monoisotopic (exact) mass is 249 g/mol. The van der Waals surface area contributed by atoms with Crippen LogP contribution in [0.3, 0.4) is 0 Å². The number of likely N-dealkylation sites (N-methyl/N-ethyl adjacent to an activating group) is 1. The summed E-state index contributed by atoms with van der Waals surface area (Å²) < 4.78 is 5.56. The number of aliphatic carboxylic acids is 1. The number of nitrogens with zero attached hydrogens (tertiary/aromatic N) is 1. The molecule has 0 saturated heterocycles. The van der Waals surface area contributed by atoms with Crippen LogP contribution in [0.2, 0.25) is 0 Å². The maximum Gasteiger partial charge on any atom is 0.328 e. The zero-order chi connectivity index (χ0) is 13.3. The summed E-state index contributed by atoms with van der Waals surface area (Å²) in [4.78, 5) is 13.0. The molecule has 0 unspecified atom stereocenters. The van der Waals surface area contributed by atoms with Gasteiger partial charge in [-0.3, -0.25) is 0 Å². The minimum absolute atomic E-state index is 0.767. The van der Waals surface area contributed by atoms with Crippen molar-refractivity contribution in [2.75, 3.05) is 18.6 Å². The van der Waals surface area contributed by atoms with Crippen molar-refractivity contribution in [2.24, 2.45) is 0 Å². The Kier molecular flexibility index (Phi) is 3.20. The highest BCUT2D eigenvalue weighted by molar-refractivity contribution is 5.82. The number of carboxylic acid groups (broad SMARTS) is 1. The normalized spacial score (nSPS) is 14.6. The Balaban J connectivity index is 2.31. The van der Waals surface area contributed by atoms with Crippen molar-refractivity contribution >= 4 is 11.7 Å². The lowest BCUT2D eigenvalue weighted by atomic mass is 10.0. The third-order valence-electron chi connectivity index (χ3n) is 3.64. The molecular weight excluding hydrogens is 230 g/mol. The summed E-state index contributed by atoms with van der Waals surface area (Å²) in [6.45, 7) is 4.17. The molecular formula is C14H19NO3. The van der Waals surface area contributed by atoms with Crippen molar-refractivity contribution < 1.29 is 14.6 Å². The molecule has 18 heavy (non-hydrogen) atoms. The summed E-state index contributed by atoms with van der Waals surface area (Å²) in [5, 5.41) is 9.25. The number of ether oxygens (including phenoxy) is 1. The predicted octanol–water partition coefficient (Wildman–Crippen LogP) is 2.31. The molecule has 4 nitrogen and oxygen atoms in total. The summed E-state index contributed by atoms with van der Waals surface area (Å²) in [7, 11) is 1.81. The summed E-state index contributed by atoms with van der Waals surface area (Å²) in [5.74, 6) is 0.0884. The highest BCUT2D eigenvalue weighted by Crippen LogP contribution is 2.31. The quantitative estimate of drug-likeness (QED) is 0.893. The summed E-state index contributed by atoms with van der Waals surface area (Å²) in [6, 6.07) is 5.87. The number of aryl methyl sites for hydroxylation is 1. The van der Waals surface area contributed by atoms with Crippen LogP contribution in [0.1, 0.15) is 25.8 Å². The van der Waals surface area contributed by atoms with Crippen LogP contribution in [0.5, 0.6) is 5.75 Å². The molecule has 0 aliphatic carbocycles. The van der Waals surface area contributed by atoms with Gasteiger partial charge in [-0.05, 0) is 50.5 Å². The van der Waals surface area contributed by atoms with E-state index in [4.69, 9.17) is 4.74 Å². The van der Waals surface area contributed by atoms with Crippen LogP contribution in [0.15, 0.2) is 18.2 Å². The van der Waals surface area contributed by atoms with Crippen molar-refractivity contribution in [3.8, 4) is 5.75 Å². The first-order chi connectivity index (χ1) is 8.43. The molecule has 0 bridgehead atoms. The maximum absolute atomic E-state index is 11.3. The van der Waals surface area contributed by atoms with Gasteiger partial charge in [0.05, 0.1) is 6.61 Å². The van der Waals surface area contributed by atoms with Crippen LogP contribution in [-0.2, 0) is 11.2 Å². The van der Waals surface area contributed by atoms with Crippen molar-refractivity contribution in [3.63, 3.8) is 0 Å². The molecule has 0 aromatic heterocycles. The van der Waals surface area contributed by atoms with E-state index in [-0.39, 0.29) is 0 Å². The predicted molar refractivity (Wildman–Crippen MR) is 70.4 cm³/mol. The molecule has 1 aromatic carbocycles. The first-order valence-electron chi connectivity index (χ1n) is 6.16. The molecule has 0 radical (unpaired) electrons. The average molecular weight is 249 g/mol. The van der Waals surface area contributed by atoms with E-state index in [1.165, 1.54) is 0 Å². The van der Waals surface area contributed by atoms with Gasteiger partial charge in [0.15, 0.2) is 0 Å². The van der Waals surface area contributed by atoms with E-state index >= 15 is 0 Å². The minimum atomic E-state index is -0.927. The Bertz CT molecular complexity index is 468. The molecule has 98 valence electrons. The molecule has 0 atom stereocenters. The molecule has 1 aliphatic heterocycles. The van der Waals surface area contributed by atoms with Gasteiger partial charge in [-0.1, -0.05) is 0 Å². The van der Waals surface area contributed by atoms with Crippen LogP contribution in [0, 0.1) is 0 Å². The Morgan fingerprint density at radius 2 is 2.17 bits per heavy atom. The fraction of sp³-hybridized carbons (Fsp3) is 0.500. The molecule has 0 amide bonds. The second-order valence-corrected chi connectivity index (χ2v) is 5.17. The van der Waals surface area contributed by atoms with E-state index in [0.29, 0.717) is 0 Å². The number of fused-ring (bicyclic) bond motifs is 1. The Hall–Kier alpha value is -1.71. The number of carbonyl (C=O) groups is 1. The number of hydrogen-bond donors (Lipinski definition) is 1. The molecule has 0 saturated carbocycles. The van der Waals surface area contributed by atoms with Gasteiger partial charge >= 0.3 is 5.97 Å². The third kappa shape index (κ3) is 2.15. The molecule has 4 heteroatoms. The van der Waals surface area contributed by atoms with E-state index in [1.54, 1.807) is 25.8 Å². The zero-order valence-electron chi connectivity index (χ0n) is 11.1. The molecule has 1 aliphatic rings. The van der Waals surface area contributed by atoms with E-state index in [0.717, 1.165) is 36.4 Å². The standard InChI is InChI=1S/C14H19NO3/c1-14(2,13(16)17)15(3)11-6-7-12-10(9-11)5-4-8-18-12/h6-7,9H,4-5,8H2,1-3H3,(H,16,17). The first kappa shape index (κ1) is 12.7. The van der Waals surface area contributed by atoms with Gasteiger partial charge in [-0.2, -0.15) is 0 Å². The van der Waals surface area contributed by atoms with Gasteiger partial charge in [-0.25, -0.2) is 4.79 Å². The number of anilines is 1. The number of rotatable bonds is 3. The first-order valence-corrected chi connectivity index (χ1v) is 6.16. The van der Waals surface area contributed by atoms with Crippen LogP contribution in [0.25, 0.3) is 0 Å².